The molecule has 0 aliphatic rings. The van der Waals surface area contributed by atoms with E-state index in [9.17, 15) is 9.18 Å². The van der Waals surface area contributed by atoms with Crippen LogP contribution in [0.25, 0.3) is 0 Å². The monoisotopic (exact) mass is 369 g/mol. The van der Waals surface area contributed by atoms with Gasteiger partial charge in [-0.25, -0.2) is 4.39 Å². The summed E-state index contributed by atoms with van der Waals surface area (Å²) in [5.74, 6) is -0.477. The smallest absolute Gasteiger partial charge is 0.259 e. The summed E-state index contributed by atoms with van der Waals surface area (Å²) in [7, 11) is 0. The zero-order valence-electron chi connectivity index (χ0n) is 16.3. The lowest BCUT2D eigenvalue weighted by molar-refractivity contribution is 0.102. The predicted molar refractivity (Wildman–Crippen MR) is 103 cm³/mol. The van der Waals surface area contributed by atoms with Crippen molar-refractivity contribution in [2.45, 2.75) is 47.7 Å². The van der Waals surface area contributed by atoms with Gasteiger partial charge < -0.3 is 5.32 Å². The number of hydrogen-bond donors (Lipinski definition) is 1. The van der Waals surface area contributed by atoms with Crippen molar-refractivity contribution in [3.8, 4) is 0 Å². The van der Waals surface area contributed by atoms with Crippen molar-refractivity contribution < 1.29 is 9.18 Å². The molecule has 0 spiro atoms. The van der Waals surface area contributed by atoms with Crippen LogP contribution in [-0.4, -0.2) is 25.5 Å². The van der Waals surface area contributed by atoms with Gasteiger partial charge in [0.25, 0.3) is 5.91 Å². The maximum Gasteiger partial charge on any atom is 0.259 e. The van der Waals surface area contributed by atoms with Gasteiger partial charge in [0.15, 0.2) is 0 Å². The number of halogens is 1. The van der Waals surface area contributed by atoms with Crippen LogP contribution in [0.5, 0.6) is 0 Å². The number of benzene rings is 1. The molecule has 3 aromatic rings. The number of nitrogens with one attached hydrogen (secondary N) is 1. The van der Waals surface area contributed by atoms with Crippen LogP contribution in [0.4, 0.5) is 10.1 Å². The standard InChI is InChI=1S/C20H24FN5O/c1-6-25-14(4)18(12(2)23-25)20(27)22-19-13(3)24-26(15(19)5)11-16-9-7-8-10-17(16)21/h7-10H,6,11H2,1-5H3,(H,22,27). The third kappa shape index (κ3) is 3.49. The Bertz CT molecular complexity index is 1000. The van der Waals surface area contributed by atoms with Gasteiger partial charge in [0, 0.05) is 17.8 Å². The average molecular weight is 369 g/mol. The fourth-order valence-electron chi connectivity index (χ4n) is 3.33. The van der Waals surface area contributed by atoms with Crippen LogP contribution in [0, 0.1) is 33.5 Å². The van der Waals surface area contributed by atoms with Crippen LogP contribution in [-0.2, 0) is 13.1 Å². The van der Waals surface area contributed by atoms with Gasteiger partial charge in [-0.15, -0.1) is 0 Å². The first kappa shape index (κ1) is 18.8. The van der Waals surface area contributed by atoms with Crippen molar-refractivity contribution in [1.82, 2.24) is 19.6 Å². The van der Waals surface area contributed by atoms with Crippen molar-refractivity contribution >= 4 is 11.6 Å². The third-order valence-corrected chi connectivity index (χ3v) is 4.81. The summed E-state index contributed by atoms with van der Waals surface area (Å²) in [4.78, 5) is 12.8. The van der Waals surface area contributed by atoms with Gasteiger partial charge in [-0.05, 0) is 40.7 Å². The molecule has 142 valence electrons. The molecule has 0 bridgehead atoms. The first-order valence-corrected chi connectivity index (χ1v) is 8.96. The molecule has 2 heterocycles. The lowest BCUT2D eigenvalue weighted by Gasteiger charge is -2.08. The Kier molecular flexibility index (Phi) is 5.12. The molecule has 27 heavy (non-hydrogen) atoms. The van der Waals surface area contributed by atoms with E-state index in [1.165, 1.54) is 6.07 Å². The summed E-state index contributed by atoms with van der Waals surface area (Å²) < 4.78 is 17.5. The van der Waals surface area contributed by atoms with Crippen molar-refractivity contribution in [1.29, 1.82) is 0 Å². The van der Waals surface area contributed by atoms with E-state index in [2.05, 4.69) is 15.5 Å². The number of rotatable bonds is 5. The van der Waals surface area contributed by atoms with Crippen LogP contribution in [0.2, 0.25) is 0 Å². The molecule has 0 fully saturated rings. The molecule has 3 rings (SSSR count). The Morgan fingerprint density at radius 2 is 1.70 bits per heavy atom. The number of aryl methyl sites for hydroxylation is 3. The van der Waals surface area contributed by atoms with Crippen LogP contribution in [0.3, 0.4) is 0 Å². The molecule has 2 aromatic heterocycles. The summed E-state index contributed by atoms with van der Waals surface area (Å²) in [5.41, 5.74) is 4.79. The van der Waals surface area contributed by atoms with E-state index in [1.54, 1.807) is 22.9 Å². The fraction of sp³-hybridized carbons (Fsp3) is 0.350. The maximum absolute atomic E-state index is 14.0. The highest BCUT2D eigenvalue weighted by molar-refractivity contribution is 6.06. The number of carbonyl (C=O) groups is 1. The lowest BCUT2D eigenvalue weighted by Crippen LogP contribution is -2.15. The second kappa shape index (κ2) is 7.34. The van der Waals surface area contributed by atoms with Gasteiger partial charge in [-0.2, -0.15) is 10.2 Å². The largest absolute Gasteiger partial charge is 0.319 e. The molecule has 0 saturated carbocycles. The molecule has 0 aliphatic carbocycles. The summed E-state index contributed by atoms with van der Waals surface area (Å²) >= 11 is 0. The molecule has 0 unspecified atom stereocenters. The summed E-state index contributed by atoms with van der Waals surface area (Å²) in [5, 5.41) is 11.8. The Morgan fingerprint density at radius 3 is 2.33 bits per heavy atom. The normalized spacial score (nSPS) is 11.0. The molecule has 7 heteroatoms. The quantitative estimate of drug-likeness (QED) is 0.744. The van der Waals surface area contributed by atoms with Gasteiger partial charge in [0.1, 0.15) is 5.82 Å². The Labute approximate surface area is 158 Å². The first-order chi connectivity index (χ1) is 12.8. The predicted octanol–water partition coefficient (Wildman–Crippen LogP) is 3.77. The number of amides is 1. The van der Waals surface area contributed by atoms with Crippen molar-refractivity contribution in [2.75, 3.05) is 5.32 Å². The minimum Gasteiger partial charge on any atom is -0.319 e. The second-order valence-corrected chi connectivity index (χ2v) is 6.61. The van der Waals surface area contributed by atoms with E-state index in [-0.39, 0.29) is 11.7 Å². The SMILES string of the molecule is CCn1nc(C)c(C(=O)Nc2c(C)nn(Cc3ccccc3F)c2C)c1C. The van der Waals surface area contributed by atoms with Crippen LogP contribution >= 0.6 is 0 Å². The maximum atomic E-state index is 14.0. The minimum absolute atomic E-state index is 0.207. The second-order valence-electron chi connectivity index (χ2n) is 6.61. The van der Waals surface area contributed by atoms with Crippen molar-refractivity contribution in [2.24, 2.45) is 0 Å². The molecule has 1 amide bonds. The topological polar surface area (TPSA) is 64.7 Å². The fourth-order valence-corrected chi connectivity index (χ4v) is 3.33. The van der Waals surface area contributed by atoms with Crippen molar-refractivity contribution in [3.05, 3.63) is 64.0 Å². The van der Waals surface area contributed by atoms with Crippen LogP contribution in [0.15, 0.2) is 24.3 Å². The molecule has 0 aliphatic heterocycles. The summed E-state index contributed by atoms with van der Waals surface area (Å²) in [6.45, 7) is 10.4. The Morgan fingerprint density at radius 1 is 1.04 bits per heavy atom. The molecule has 1 N–H and O–H groups in total. The number of nitrogens with zero attached hydrogens (tertiary/aromatic N) is 4. The summed E-state index contributed by atoms with van der Waals surface area (Å²) in [6.07, 6.45) is 0. The van der Waals surface area contributed by atoms with Gasteiger partial charge in [-0.1, -0.05) is 18.2 Å². The highest BCUT2D eigenvalue weighted by Crippen LogP contribution is 2.23. The number of aromatic nitrogens is 4. The molecule has 0 atom stereocenters. The Hall–Kier alpha value is -2.96. The number of hydrogen-bond acceptors (Lipinski definition) is 3. The minimum atomic E-state index is -0.270. The third-order valence-electron chi connectivity index (χ3n) is 4.81. The highest BCUT2D eigenvalue weighted by Gasteiger charge is 2.21. The zero-order valence-corrected chi connectivity index (χ0v) is 16.3. The van der Waals surface area contributed by atoms with Gasteiger partial charge in [0.05, 0.1) is 34.9 Å². The van der Waals surface area contributed by atoms with E-state index in [0.29, 0.717) is 41.3 Å². The molecular formula is C20H24FN5O. The summed E-state index contributed by atoms with van der Waals surface area (Å²) in [6, 6.07) is 6.62. The lowest BCUT2D eigenvalue weighted by atomic mass is 10.1. The molecular weight excluding hydrogens is 345 g/mol. The van der Waals surface area contributed by atoms with E-state index in [0.717, 1.165) is 11.4 Å². The number of anilines is 1. The Balaban J connectivity index is 1.88. The van der Waals surface area contributed by atoms with Gasteiger partial charge >= 0.3 is 0 Å². The molecule has 1 aromatic carbocycles. The van der Waals surface area contributed by atoms with Crippen molar-refractivity contribution in [3.63, 3.8) is 0 Å². The first-order valence-electron chi connectivity index (χ1n) is 8.96. The zero-order chi connectivity index (χ0) is 19.7. The van der Waals surface area contributed by atoms with Gasteiger partial charge in [0.2, 0.25) is 0 Å². The number of carbonyl (C=O) groups excluding carboxylic acids is 1. The highest BCUT2D eigenvalue weighted by atomic mass is 19.1. The molecule has 6 nitrogen and oxygen atoms in total. The molecule has 0 radical (unpaired) electrons. The van der Waals surface area contributed by atoms with E-state index < -0.39 is 0 Å². The van der Waals surface area contributed by atoms with E-state index in [4.69, 9.17) is 0 Å². The van der Waals surface area contributed by atoms with Gasteiger partial charge in [-0.3, -0.25) is 14.2 Å². The van der Waals surface area contributed by atoms with Crippen LogP contribution in [0.1, 0.15) is 45.6 Å². The van der Waals surface area contributed by atoms with Crippen LogP contribution < -0.4 is 5.32 Å². The molecule has 0 saturated heterocycles. The van der Waals surface area contributed by atoms with E-state index in [1.807, 2.05) is 39.3 Å². The average Bonchev–Trinajstić information content (AvgIpc) is 3.06. The van der Waals surface area contributed by atoms with E-state index >= 15 is 0 Å².